The lowest BCUT2D eigenvalue weighted by atomic mass is 9.96. The number of ether oxygens (including phenoxy) is 1. The van der Waals surface area contributed by atoms with E-state index in [1.54, 1.807) is 6.92 Å². The van der Waals surface area contributed by atoms with Crippen LogP contribution in [0.2, 0.25) is 0 Å². The molecule has 0 heterocycles. The lowest BCUT2D eigenvalue weighted by Crippen LogP contribution is -2.43. The van der Waals surface area contributed by atoms with Crippen LogP contribution in [0, 0.1) is 0 Å². The minimum atomic E-state index is -3.41. The first kappa shape index (κ1) is 15.9. The van der Waals surface area contributed by atoms with Crippen LogP contribution in [0.1, 0.15) is 39.0 Å². The molecular formula is C11H20BrNO4S. The van der Waals surface area contributed by atoms with Crippen molar-refractivity contribution < 1.29 is 17.9 Å². The van der Waals surface area contributed by atoms with Crippen molar-refractivity contribution in [2.45, 2.75) is 49.9 Å². The molecule has 7 heteroatoms. The molecule has 106 valence electrons. The fourth-order valence-electron chi connectivity index (χ4n) is 1.96. The Morgan fingerprint density at radius 2 is 2.06 bits per heavy atom. The molecule has 2 unspecified atom stereocenters. The summed E-state index contributed by atoms with van der Waals surface area (Å²) < 4.78 is 31.0. The summed E-state index contributed by atoms with van der Waals surface area (Å²) in [4.78, 5) is 11.3. The van der Waals surface area contributed by atoms with Gasteiger partial charge in [-0.1, -0.05) is 28.8 Å². The summed E-state index contributed by atoms with van der Waals surface area (Å²) >= 11 is 3.49. The highest BCUT2D eigenvalue weighted by molar-refractivity contribution is 9.09. The van der Waals surface area contributed by atoms with E-state index in [1.807, 2.05) is 0 Å². The number of nitrogens with one attached hydrogen (secondary N) is 1. The highest BCUT2D eigenvalue weighted by Crippen LogP contribution is 2.25. The monoisotopic (exact) mass is 341 g/mol. The molecule has 1 fully saturated rings. The van der Waals surface area contributed by atoms with Crippen LogP contribution in [0.3, 0.4) is 0 Å². The number of alkyl halides is 1. The topological polar surface area (TPSA) is 72.5 Å². The van der Waals surface area contributed by atoms with E-state index in [1.165, 1.54) is 0 Å². The molecule has 0 aromatic heterocycles. The quantitative estimate of drug-likeness (QED) is 0.587. The molecule has 0 spiro atoms. The van der Waals surface area contributed by atoms with Crippen molar-refractivity contribution in [3.05, 3.63) is 0 Å². The third-order valence-electron chi connectivity index (χ3n) is 2.89. The van der Waals surface area contributed by atoms with Gasteiger partial charge in [-0.3, -0.25) is 4.79 Å². The lowest BCUT2D eigenvalue weighted by Gasteiger charge is -2.27. The minimum Gasteiger partial charge on any atom is -0.466 e. The van der Waals surface area contributed by atoms with Gasteiger partial charge in [-0.25, -0.2) is 13.1 Å². The molecule has 0 saturated heterocycles. The van der Waals surface area contributed by atoms with E-state index in [9.17, 15) is 13.2 Å². The zero-order chi connectivity index (χ0) is 13.6. The van der Waals surface area contributed by atoms with E-state index < -0.39 is 16.0 Å². The van der Waals surface area contributed by atoms with Gasteiger partial charge in [-0.2, -0.15) is 0 Å². The molecule has 1 saturated carbocycles. The van der Waals surface area contributed by atoms with Gasteiger partial charge in [0.1, 0.15) is 0 Å². The Labute approximate surface area is 117 Å². The SMILES string of the molecule is CCOC(=O)CCS(=O)(=O)NC1CCCCC1Br. The molecule has 1 rings (SSSR count). The standard InChI is InChI=1S/C11H20BrNO4S/c1-2-17-11(14)7-8-18(15,16)13-10-6-4-3-5-9(10)12/h9-10,13H,2-8H2,1H3. The highest BCUT2D eigenvalue weighted by atomic mass is 79.9. The van der Waals surface area contributed by atoms with Crippen molar-refractivity contribution in [1.29, 1.82) is 0 Å². The Kier molecular flexibility index (Phi) is 6.59. The minimum absolute atomic E-state index is 0.0639. The average molecular weight is 342 g/mol. The molecule has 0 aliphatic heterocycles. The highest BCUT2D eigenvalue weighted by Gasteiger charge is 2.27. The van der Waals surface area contributed by atoms with Gasteiger partial charge in [-0.05, 0) is 19.8 Å². The largest absolute Gasteiger partial charge is 0.466 e. The molecule has 1 N–H and O–H groups in total. The molecule has 0 aromatic carbocycles. The van der Waals surface area contributed by atoms with Gasteiger partial charge in [0.2, 0.25) is 10.0 Å². The fourth-order valence-corrected chi connectivity index (χ4v) is 4.15. The van der Waals surface area contributed by atoms with Crippen LogP contribution in [-0.4, -0.2) is 37.6 Å². The number of rotatable bonds is 6. The smallest absolute Gasteiger partial charge is 0.306 e. The first-order valence-corrected chi connectivity index (χ1v) is 8.81. The Bertz CT molecular complexity index is 371. The molecule has 18 heavy (non-hydrogen) atoms. The van der Waals surface area contributed by atoms with Gasteiger partial charge in [0.15, 0.2) is 0 Å². The molecular weight excluding hydrogens is 322 g/mol. The van der Waals surface area contributed by atoms with E-state index >= 15 is 0 Å². The van der Waals surface area contributed by atoms with Crippen LogP contribution in [0.25, 0.3) is 0 Å². The number of esters is 1. The number of hydrogen-bond donors (Lipinski definition) is 1. The maximum absolute atomic E-state index is 11.8. The lowest BCUT2D eigenvalue weighted by molar-refractivity contribution is -0.142. The third-order valence-corrected chi connectivity index (χ3v) is 5.39. The normalized spacial score (nSPS) is 24.8. The third kappa shape index (κ3) is 5.67. The molecule has 0 amide bonds. The van der Waals surface area contributed by atoms with E-state index in [0.717, 1.165) is 25.7 Å². The Morgan fingerprint density at radius 3 is 2.67 bits per heavy atom. The van der Waals surface area contributed by atoms with Gasteiger partial charge in [0.25, 0.3) is 0 Å². The maximum atomic E-state index is 11.8. The summed E-state index contributed by atoms with van der Waals surface area (Å²) in [6, 6.07) is -0.0639. The second-order valence-corrected chi connectivity index (χ2v) is 7.45. The summed E-state index contributed by atoms with van der Waals surface area (Å²) in [5, 5.41) is 0. The van der Waals surface area contributed by atoms with Crippen LogP contribution in [0.4, 0.5) is 0 Å². The predicted molar refractivity (Wildman–Crippen MR) is 73.1 cm³/mol. The van der Waals surface area contributed by atoms with E-state index in [2.05, 4.69) is 20.7 Å². The zero-order valence-electron chi connectivity index (χ0n) is 10.5. The number of halogens is 1. The van der Waals surface area contributed by atoms with Crippen LogP contribution in [-0.2, 0) is 19.6 Å². The number of carbonyl (C=O) groups excluding carboxylic acids is 1. The van der Waals surface area contributed by atoms with Gasteiger partial charge in [0, 0.05) is 10.9 Å². The van der Waals surface area contributed by atoms with Crippen molar-refractivity contribution in [1.82, 2.24) is 4.72 Å². The Hall–Kier alpha value is -0.140. The average Bonchev–Trinajstić information content (AvgIpc) is 2.30. The summed E-state index contributed by atoms with van der Waals surface area (Å²) in [5.74, 6) is -0.677. The number of sulfonamides is 1. The molecule has 2 atom stereocenters. The van der Waals surface area contributed by atoms with E-state index in [4.69, 9.17) is 4.74 Å². The summed E-state index contributed by atoms with van der Waals surface area (Å²) in [7, 11) is -3.41. The van der Waals surface area contributed by atoms with Gasteiger partial charge >= 0.3 is 5.97 Å². The van der Waals surface area contributed by atoms with Gasteiger partial charge in [0.05, 0.1) is 18.8 Å². The Balaban J connectivity index is 2.41. The van der Waals surface area contributed by atoms with Crippen molar-refractivity contribution in [2.24, 2.45) is 0 Å². The summed E-state index contributed by atoms with van der Waals surface area (Å²) in [6.07, 6.45) is 3.88. The van der Waals surface area contributed by atoms with Gasteiger partial charge < -0.3 is 4.74 Å². The second-order valence-electron chi connectivity index (χ2n) is 4.40. The fraction of sp³-hybridized carbons (Fsp3) is 0.909. The van der Waals surface area contributed by atoms with Crippen molar-refractivity contribution in [2.75, 3.05) is 12.4 Å². The van der Waals surface area contributed by atoms with Crippen LogP contribution in [0.5, 0.6) is 0 Å². The van der Waals surface area contributed by atoms with E-state index in [0.29, 0.717) is 0 Å². The number of hydrogen-bond acceptors (Lipinski definition) is 4. The van der Waals surface area contributed by atoms with E-state index in [-0.39, 0.29) is 29.6 Å². The predicted octanol–water partition coefficient (Wildman–Crippen LogP) is 1.57. The molecule has 0 bridgehead atoms. The first-order valence-electron chi connectivity index (χ1n) is 6.24. The molecule has 0 radical (unpaired) electrons. The van der Waals surface area contributed by atoms with Crippen LogP contribution >= 0.6 is 15.9 Å². The van der Waals surface area contributed by atoms with Crippen molar-refractivity contribution >= 4 is 31.9 Å². The molecule has 5 nitrogen and oxygen atoms in total. The second kappa shape index (κ2) is 7.45. The van der Waals surface area contributed by atoms with Crippen LogP contribution < -0.4 is 4.72 Å². The Morgan fingerprint density at radius 1 is 1.39 bits per heavy atom. The van der Waals surface area contributed by atoms with Crippen molar-refractivity contribution in [3.63, 3.8) is 0 Å². The van der Waals surface area contributed by atoms with Crippen LogP contribution in [0.15, 0.2) is 0 Å². The summed E-state index contributed by atoms with van der Waals surface area (Å²) in [6.45, 7) is 1.97. The number of carbonyl (C=O) groups is 1. The van der Waals surface area contributed by atoms with Gasteiger partial charge in [-0.15, -0.1) is 0 Å². The maximum Gasteiger partial charge on any atom is 0.306 e. The molecule has 1 aliphatic rings. The zero-order valence-corrected chi connectivity index (χ0v) is 12.9. The molecule has 1 aliphatic carbocycles. The first-order chi connectivity index (χ1) is 8.44. The van der Waals surface area contributed by atoms with Crippen molar-refractivity contribution in [3.8, 4) is 0 Å². The molecule has 0 aromatic rings. The summed E-state index contributed by atoms with van der Waals surface area (Å²) in [5.41, 5.74) is 0.